The van der Waals surface area contributed by atoms with Gasteiger partial charge in [0.15, 0.2) is 23.2 Å². The summed E-state index contributed by atoms with van der Waals surface area (Å²) in [5, 5.41) is 9.31. The van der Waals surface area contributed by atoms with E-state index in [1.807, 2.05) is 72.8 Å². The Morgan fingerprint density at radius 3 is 1.36 bits per heavy atom. The number of nitrogens with zero attached hydrogens (tertiary/aromatic N) is 5. The average Bonchev–Trinajstić information content (AvgIpc) is 3.26. The number of benzene rings is 6. The molecule has 7 aromatic rings. The summed E-state index contributed by atoms with van der Waals surface area (Å²) in [5.74, 6) is 4.56. The van der Waals surface area contributed by atoms with Gasteiger partial charge >= 0.3 is 0 Å². The number of aromatic nitrogens is 3. The summed E-state index contributed by atoms with van der Waals surface area (Å²) < 4.78 is 0. The van der Waals surface area contributed by atoms with E-state index in [0.29, 0.717) is 34.1 Å². The van der Waals surface area contributed by atoms with Crippen molar-refractivity contribution >= 4 is 5.69 Å². The molecule has 4 aliphatic rings. The SMILES string of the molecule is [C-]#[N+]c1ccc(-c2cccc(-c3nc(-c4ccc(-c5ccc(C67CC8CC(CC(C8)C6)C7)cc5)cc4)nc(-c4cccc(-c5ccc(C#N)cc5)c4)n3)c2)cc1. The molecule has 0 aliphatic heterocycles. The van der Waals surface area contributed by atoms with Gasteiger partial charge in [0.1, 0.15) is 0 Å². The first-order valence-electron chi connectivity index (χ1n) is 19.7. The minimum absolute atomic E-state index is 0.398. The van der Waals surface area contributed by atoms with Gasteiger partial charge in [0.2, 0.25) is 0 Å². The molecule has 0 unspecified atom stereocenters. The van der Waals surface area contributed by atoms with E-state index in [1.54, 1.807) is 5.56 Å². The second kappa shape index (κ2) is 13.9. The maximum atomic E-state index is 9.31. The van der Waals surface area contributed by atoms with Gasteiger partial charge in [-0.1, -0.05) is 121 Å². The van der Waals surface area contributed by atoms with Crippen molar-refractivity contribution in [3.63, 3.8) is 0 Å². The minimum atomic E-state index is 0.398. The Kier molecular flexibility index (Phi) is 8.38. The van der Waals surface area contributed by atoms with Crippen LogP contribution in [0.25, 0.3) is 72.4 Å². The standard InChI is InChI=1S/C51H39N5/c1-53-47-22-18-40(19-23-47)43-5-3-7-45(28-43)50-55-48(54-49(56-50)44-6-2-4-42(27-44)39-10-8-33(32-52)9-11-39)41-14-12-37(13-15-41)38-16-20-46(21-17-38)51-29-34-24-35(30-51)26-36(25-34)31-51/h2-23,27-28,34-36H,24-26,29-31H2. The molecule has 0 amide bonds. The van der Waals surface area contributed by atoms with Gasteiger partial charge in [-0.3, -0.25) is 0 Å². The molecule has 5 heteroatoms. The minimum Gasteiger partial charge on any atom is -0.238 e. The zero-order valence-corrected chi connectivity index (χ0v) is 31.1. The second-order valence-corrected chi connectivity index (χ2v) is 16.2. The van der Waals surface area contributed by atoms with E-state index in [4.69, 9.17) is 21.5 Å². The fourth-order valence-electron chi connectivity index (χ4n) is 10.2. The molecular weight excluding hydrogens is 683 g/mol. The van der Waals surface area contributed by atoms with Crippen molar-refractivity contribution < 1.29 is 0 Å². The summed E-state index contributed by atoms with van der Waals surface area (Å²) in [4.78, 5) is 18.8. The van der Waals surface area contributed by atoms with Gasteiger partial charge in [-0.05, 0) is 125 Å². The summed E-state index contributed by atoms with van der Waals surface area (Å²) in [7, 11) is 0. The first kappa shape index (κ1) is 33.8. The largest absolute Gasteiger partial charge is 0.238 e. The van der Waals surface area contributed by atoms with Crippen molar-refractivity contribution in [1.29, 1.82) is 5.26 Å². The zero-order valence-electron chi connectivity index (χ0n) is 31.1. The fraction of sp³-hybridized carbons (Fsp3) is 0.196. The highest BCUT2D eigenvalue weighted by Crippen LogP contribution is 2.60. The van der Waals surface area contributed by atoms with Crippen molar-refractivity contribution in [1.82, 2.24) is 15.0 Å². The molecule has 11 rings (SSSR count). The van der Waals surface area contributed by atoms with Crippen molar-refractivity contribution in [3.05, 3.63) is 168 Å². The monoisotopic (exact) mass is 721 g/mol. The van der Waals surface area contributed by atoms with E-state index in [0.717, 1.165) is 56.7 Å². The van der Waals surface area contributed by atoms with Gasteiger partial charge in [-0.25, -0.2) is 19.8 Å². The molecule has 4 fully saturated rings. The molecule has 0 radical (unpaired) electrons. The highest BCUT2D eigenvalue weighted by molar-refractivity contribution is 5.76. The van der Waals surface area contributed by atoms with Crippen LogP contribution in [0.4, 0.5) is 5.69 Å². The molecule has 4 aliphatic carbocycles. The zero-order chi connectivity index (χ0) is 37.6. The Morgan fingerprint density at radius 2 is 0.875 bits per heavy atom. The first-order chi connectivity index (χ1) is 27.5. The third-order valence-electron chi connectivity index (χ3n) is 12.6. The van der Waals surface area contributed by atoms with E-state index in [9.17, 15) is 5.26 Å². The van der Waals surface area contributed by atoms with Gasteiger partial charge in [0, 0.05) is 16.7 Å². The second-order valence-electron chi connectivity index (χ2n) is 16.2. The predicted octanol–water partition coefficient (Wildman–Crippen LogP) is 12.8. The van der Waals surface area contributed by atoms with Gasteiger partial charge < -0.3 is 0 Å². The van der Waals surface area contributed by atoms with Crippen LogP contribution >= 0.6 is 0 Å². The van der Waals surface area contributed by atoms with E-state index < -0.39 is 0 Å². The number of hydrogen-bond acceptors (Lipinski definition) is 4. The van der Waals surface area contributed by atoms with Crippen LogP contribution in [-0.2, 0) is 5.41 Å². The molecule has 0 atom stereocenters. The average molecular weight is 722 g/mol. The van der Waals surface area contributed by atoms with Crippen LogP contribution in [0.5, 0.6) is 0 Å². The van der Waals surface area contributed by atoms with Crippen LogP contribution in [-0.4, -0.2) is 15.0 Å². The quantitative estimate of drug-likeness (QED) is 0.154. The van der Waals surface area contributed by atoms with Crippen molar-refractivity contribution in [2.75, 3.05) is 0 Å². The smallest absolute Gasteiger partial charge is 0.187 e. The van der Waals surface area contributed by atoms with Gasteiger partial charge in [-0.15, -0.1) is 0 Å². The predicted molar refractivity (Wildman–Crippen MR) is 223 cm³/mol. The molecule has 5 nitrogen and oxygen atoms in total. The Bertz CT molecular complexity index is 2510. The topological polar surface area (TPSA) is 66.8 Å². The summed E-state index contributed by atoms with van der Waals surface area (Å²) in [5.41, 5.74) is 12.3. The summed E-state index contributed by atoms with van der Waals surface area (Å²) in [6.45, 7) is 7.34. The van der Waals surface area contributed by atoms with Crippen LogP contribution in [0.1, 0.15) is 49.7 Å². The molecule has 1 heterocycles. The molecule has 0 saturated heterocycles. The van der Waals surface area contributed by atoms with Crippen molar-refractivity contribution in [2.45, 2.75) is 43.9 Å². The van der Waals surface area contributed by atoms with Crippen LogP contribution in [0.3, 0.4) is 0 Å². The van der Waals surface area contributed by atoms with Gasteiger partial charge in [-0.2, -0.15) is 5.26 Å². The Balaban J connectivity index is 0.998. The maximum absolute atomic E-state index is 9.31. The first-order valence-corrected chi connectivity index (χ1v) is 19.7. The van der Waals surface area contributed by atoms with Gasteiger partial charge in [0.05, 0.1) is 18.2 Å². The fourth-order valence-corrected chi connectivity index (χ4v) is 10.2. The summed E-state index contributed by atoms with van der Waals surface area (Å²) >= 11 is 0. The maximum Gasteiger partial charge on any atom is 0.187 e. The van der Waals surface area contributed by atoms with Crippen LogP contribution < -0.4 is 0 Å². The number of nitriles is 1. The van der Waals surface area contributed by atoms with Gasteiger partial charge in [0.25, 0.3) is 0 Å². The molecule has 268 valence electrons. The van der Waals surface area contributed by atoms with E-state index in [-0.39, 0.29) is 0 Å². The van der Waals surface area contributed by atoms with Crippen molar-refractivity contribution in [3.8, 4) is 73.6 Å². The van der Waals surface area contributed by atoms with Crippen molar-refractivity contribution in [2.24, 2.45) is 17.8 Å². The molecule has 0 spiro atoms. The van der Waals surface area contributed by atoms with Crippen LogP contribution in [0.15, 0.2) is 146 Å². The van der Waals surface area contributed by atoms with Crippen LogP contribution in [0, 0.1) is 35.7 Å². The van der Waals surface area contributed by atoms with Crippen LogP contribution in [0.2, 0.25) is 0 Å². The Morgan fingerprint density at radius 1 is 0.482 bits per heavy atom. The normalized spacial score (nSPS) is 20.6. The molecule has 6 aromatic carbocycles. The lowest BCUT2D eigenvalue weighted by molar-refractivity contribution is -0.00518. The lowest BCUT2D eigenvalue weighted by atomic mass is 9.48. The lowest BCUT2D eigenvalue weighted by Crippen LogP contribution is -2.48. The Labute approximate surface area is 328 Å². The van der Waals surface area contributed by atoms with E-state index in [1.165, 1.54) is 49.7 Å². The summed E-state index contributed by atoms with van der Waals surface area (Å²) in [6, 6.07) is 51.9. The lowest BCUT2D eigenvalue weighted by Gasteiger charge is -2.57. The third-order valence-corrected chi connectivity index (χ3v) is 12.6. The molecular formula is C51H39N5. The highest BCUT2D eigenvalue weighted by atomic mass is 15.0. The molecule has 1 aromatic heterocycles. The summed E-state index contributed by atoms with van der Waals surface area (Å²) in [6.07, 6.45) is 8.52. The molecule has 0 N–H and O–H groups in total. The molecule has 56 heavy (non-hydrogen) atoms. The van der Waals surface area contributed by atoms with E-state index >= 15 is 0 Å². The number of rotatable bonds is 7. The Hall–Kier alpha value is -6.69. The molecule has 4 saturated carbocycles. The molecule has 4 bridgehead atoms. The van der Waals surface area contributed by atoms with E-state index in [2.05, 4.69) is 83.7 Å². The third kappa shape index (κ3) is 6.36. The highest BCUT2D eigenvalue weighted by Gasteiger charge is 2.51. The number of hydrogen-bond donors (Lipinski definition) is 0.